The van der Waals surface area contributed by atoms with Gasteiger partial charge in [-0.2, -0.15) is 0 Å². The van der Waals surface area contributed by atoms with Crippen LogP contribution < -0.4 is 10.5 Å². The Bertz CT molecular complexity index is 475. The monoisotopic (exact) mass is 315 g/mol. The van der Waals surface area contributed by atoms with Crippen molar-refractivity contribution >= 4 is 0 Å². The van der Waals surface area contributed by atoms with Crippen molar-refractivity contribution in [3.63, 3.8) is 0 Å². The van der Waals surface area contributed by atoms with Crippen molar-refractivity contribution in [2.45, 2.75) is 18.8 Å². The van der Waals surface area contributed by atoms with E-state index < -0.39 is 23.9 Å². The predicted molar refractivity (Wildman–Crippen MR) is 77.1 cm³/mol. The van der Waals surface area contributed by atoms with E-state index >= 15 is 0 Å². The molecular formula is C14H21NO7. The molecule has 0 aliphatic rings. The van der Waals surface area contributed by atoms with E-state index in [9.17, 15) is 20.4 Å². The third-order valence-electron chi connectivity index (χ3n) is 2.65. The number of nitrogens with two attached hydrogens (primary N) is 1. The van der Waals surface area contributed by atoms with Crippen LogP contribution in [0, 0.1) is 0 Å². The molecule has 7 N–H and O–H groups in total. The molecule has 124 valence electrons. The fourth-order valence-corrected chi connectivity index (χ4v) is 1.55. The molecule has 2 unspecified atom stereocenters. The maximum absolute atomic E-state index is 9.97. The van der Waals surface area contributed by atoms with Gasteiger partial charge in [-0.05, 0) is 24.3 Å². The van der Waals surface area contributed by atoms with Crippen LogP contribution in [-0.4, -0.2) is 57.7 Å². The van der Waals surface area contributed by atoms with Gasteiger partial charge in [-0.1, -0.05) is 0 Å². The maximum atomic E-state index is 9.97. The Labute approximate surface area is 127 Å². The fraction of sp³-hybridized carbons (Fsp3) is 0.429. The number of benzene rings is 1. The van der Waals surface area contributed by atoms with Crippen molar-refractivity contribution in [1.29, 1.82) is 0 Å². The molecule has 2 atom stereocenters. The first-order chi connectivity index (χ1) is 10.5. The third kappa shape index (κ3) is 5.51. The van der Waals surface area contributed by atoms with Crippen molar-refractivity contribution in [3.8, 4) is 11.5 Å². The van der Waals surface area contributed by atoms with Crippen LogP contribution >= 0.6 is 0 Å². The molecule has 8 nitrogen and oxygen atoms in total. The second kappa shape index (κ2) is 9.23. The van der Waals surface area contributed by atoms with E-state index in [2.05, 4.69) is 0 Å². The SMILES string of the molecule is NCCOC(O)C(Oc1ccc(O)cc1)=C(O)C(O)CCO. The zero-order valence-electron chi connectivity index (χ0n) is 11.9. The molecular weight excluding hydrogens is 294 g/mol. The average molecular weight is 315 g/mol. The van der Waals surface area contributed by atoms with Gasteiger partial charge in [0, 0.05) is 19.6 Å². The standard InChI is InChI=1S/C14H21NO7/c15-6-8-21-14(20)13(12(19)11(18)5-7-16)22-10-3-1-9(17)2-4-10/h1-4,11,14,16-20H,5-8,15H2. The summed E-state index contributed by atoms with van der Waals surface area (Å²) in [5.74, 6) is -0.861. The van der Waals surface area contributed by atoms with E-state index in [-0.39, 0.29) is 37.7 Å². The number of hydrogen-bond acceptors (Lipinski definition) is 8. The van der Waals surface area contributed by atoms with Crippen molar-refractivity contribution in [1.82, 2.24) is 0 Å². The molecule has 0 radical (unpaired) electrons. The molecule has 0 amide bonds. The van der Waals surface area contributed by atoms with Crippen LogP contribution in [0.5, 0.6) is 11.5 Å². The Morgan fingerprint density at radius 2 is 1.82 bits per heavy atom. The summed E-state index contributed by atoms with van der Waals surface area (Å²) in [6.45, 7) is -0.214. The van der Waals surface area contributed by atoms with Gasteiger partial charge in [0.05, 0.1) is 6.61 Å². The fourth-order valence-electron chi connectivity index (χ4n) is 1.55. The molecule has 0 fully saturated rings. The summed E-state index contributed by atoms with van der Waals surface area (Å²) in [6, 6.07) is 5.50. The topological polar surface area (TPSA) is 146 Å². The maximum Gasteiger partial charge on any atom is 0.218 e. The normalized spacial score (nSPS) is 15.1. The summed E-state index contributed by atoms with van der Waals surface area (Å²) >= 11 is 0. The Kier molecular flexibility index (Phi) is 7.64. The second-order valence-electron chi connectivity index (χ2n) is 4.39. The number of rotatable bonds is 9. The van der Waals surface area contributed by atoms with Crippen LogP contribution in [0.2, 0.25) is 0 Å². The number of aliphatic hydroxyl groups excluding tert-OH is 4. The molecule has 0 saturated carbocycles. The second-order valence-corrected chi connectivity index (χ2v) is 4.39. The van der Waals surface area contributed by atoms with Crippen LogP contribution in [0.4, 0.5) is 0 Å². The molecule has 8 heteroatoms. The third-order valence-corrected chi connectivity index (χ3v) is 2.65. The van der Waals surface area contributed by atoms with E-state index in [1.165, 1.54) is 24.3 Å². The zero-order valence-corrected chi connectivity index (χ0v) is 11.9. The number of phenols is 1. The van der Waals surface area contributed by atoms with Crippen LogP contribution in [0.1, 0.15) is 6.42 Å². The van der Waals surface area contributed by atoms with Crippen LogP contribution in [0.25, 0.3) is 0 Å². The number of aliphatic hydroxyl groups is 4. The summed E-state index contributed by atoms with van der Waals surface area (Å²) in [6.07, 6.45) is -3.21. The lowest BCUT2D eigenvalue weighted by molar-refractivity contribution is -0.0930. The summed E-state index contributed by atoms with van der Waals surface area (Å²) in [5, 5.41) is 47.6. The van der Waals surface area contributed by atoms with Crippen LogP contribution in [0.3, 0.4) is 0 Å². The highest BCUT2D eigenvalue weighted by atomic mass is 16.6. The molecule has 1 rings (SSSR count). The molecule has 0 bridgehead atoms. The van der Waals surface area contributed by atoms with Gasteiger partial charge in [0.15, 0.2) is 11.5 Å². The lowest BCUT2D eigenvalue weighted by atomic mass is 10.2. The molecule has 1 aromatic rings. The van der Waals surface area contributed by atoms with Gasteiger partial charge >= 0.3 is 0 Å². The minimum absolute atomic E-state index is 0.00692. The predicted octanol–water partition coefficient (Wildman–Crippen LogP) is -0.422. The number of ether oxygens (including phenoxy) is 2. The van der Waals surface area contributed by atoms with Crippen molar-refractivity contribution in [2.24, 2.45) is 5.73 Å². The van der Waals surface area contributed by atoms with Crippen LogP contribution in [-0.2, 0) is 4.74 Å². The number of hydrogen-bond donors (Lipinski definition) is 6. The first-order valence-corrected chi connectivity index (χ1v) is 6.68. The van der Waals surface area contributed by atoms with Crippen LogP contribution in [0.15, 0.2) is 35.8 Å². The van der Waals surface area contributed by atoms with Crippen molar-refractivity contribution in [2.75, 3.05) is 19.8 Å². The van der Waals surface area contributed by atoms with Gasteiger partial charge in [0.1, 0.15) is 17.6 Å². The Balaban J connectivity index is 2.99. The summed E-state index contributed by atoms with van der Waals surface area (Å²) in [4.78, 5) is 0. The first kappa shape index (κ1) is 18.2. The van der Waals surface area contributed by atoms with E-state index in [0.717, 1.165) is 0 Å². The lowest BCUT2D eigenvalue weighted by Crippen LogP contribution is -2.27. The summed E-state index contributed by atoms with van der Waals surface area (Å²) < 4.78 is 10.3. The highest BCUT2D eigenvalue weighted by molar-refractivity contribution is 5.32. The summed E-state index contributed by atoms with van der Waals surface area (Å²) in [5.41, 5.74) is 5.26. The minimum atomic E-state index is -1.65. The van der Waals surface area contributed by atoms with E-state index in [0.29, 0.717) is 0 Å². The van der Waals surface area contributed by atoms with Gasteiger partial charge < -0.3 is 40.7 Å². The van der Waals surface area contributed by atoms with Gasteiger partial charge in [-0.25, -0.2) is 0 Å². The molecule has 0 saturated heterocycles. The van der Waals surface area contributed by atoms with Gasteiger partial charge in [-0.3, -0.25) is 0 Å². The molecule has 0 heterocycles. The molecule has 1 aromatic carbocycles. The average Bonchev–Trinajstić information content (AvgIpc) is 2.51. The van der Waals surface area contributed by atoms with Gasteiger partial charge in [0.2, 0.25) is 6.29 Å². The van der Waals surface area contributed by atoms with E-state index in [1.807, 2.05) is 0 Å². The summed E-state index contributed by atoms with van der Waals surface area (Å²) in [7, 11) is 0. The Morgan fingerprint density at radius 3 is 2.36 bits per heavy atom. The number of aromatic hydroxyl groups is 1. The quantitative estimate of drug-likeness (QED) is 0.266. The minimum Gasteiger partial charge on any atom is -0.508 e. The number of phenolic OH excluding ortho intramolecular Hbond substituents is 1. The lowest BCUT2D eigenvalue weighted by Gasteiger charge is -2.20. The zero-order chi connectivity index (χ0) is 16.5. The highest BCUT2D eigenvalue weighted by Gasteiger charge is 2.24. The van der Waals surface area contributed by atoms with E-state index in [4.69, 9.17) is 20.3 Å². The molecule has 22 heavy (non-hydrogen) atoms. The Morgan fingerprint density at radius 1 is 1.18 bits per heavy atom. The van der Waals surface area contributed by atoms with Crippen molar-refractivity contribution in [3.05, 3.63) is 35.8 Å². The molecule has 0 aliphatic carbocycles. The van der Waals surface area contributed by atoms with Crippen molar-refractivity contribution < 1.29 is 35.0 Å². The van der Waals surface area contributed by atoms with E-state index in [1.54, 1.807) is 0 Å². The van der Waals surface area contributed by atoms with Gasteiger partial charge in [0.25, 0.3) is 0 Å². The largest absolute Gasteiger partial charge is 0.508 e. The molecule has 0 spiro atoms. The smallest absolute Gasteiger partial charge is 0.218 e. The van der Waals surface area contributed by atoms with Gasteiger partial charge in [-0.15, -0.1) is 0 Å². The molecule has 0 aromatic heterocycles. The molecule has 0 aliphatic heterocycles. The Hall–Kier alpha value is -1.84. The highest BCUT2D eigenvalue weighted by Crippen LogP contribution is 2.22. The first-order valence-electron chi connectivity index (χ1n) is 6.68.